The lowest BCUT2D eigenvalue weighted by molar-refractivity contribution is 0.00378. The first-order chi connectivity index (χ1) is 7.84. The van der Waals surface area contributed by atoms with Gasteiger partial charge in [-0.05, 0) is 27.9 Å². The predicted octanol–water partition coefficient (Wildman–Crippen LogP) is 2.74. The third kappa shape index (κ3) is 3.61. The number of nitrogens with zero attached hydrogens (tertiary/aromatic N) is 1. The molecular weight excluding hydrogens is 270 g/mol. The molecule has 86 valence electrons. The van der Waals surface area contributed by atoms with Crippen molar-refractivity contribution >= 4 is 20.6 Å². The topological polar surface area (TPSA) is 30.8 Å². The zero-order chi connectivity index (χ0) is 11.2. The van der Waals surface area contributed by atoms with E-state index < -0.39 is 0 Å². The Bertz CT molecular complexity index is 353. The van der Waals surface area contributed by atoms with Crippen molar-refractivity contribution in [3.05, 3.63) is 35.9 Å². The maximum absolute atomic E-state index is 5.55. The maximum Gasteiger partial charge on any atom is 0.156 e. The van der Waals surface area contributed by atoms with E-state index in [1.54, 1.807) is 0 Å². The molecule has 1 aromatic carbocycles. The molecule has 4 heteroatoms. The second-order valence-electron chi connectivity index (χ2n) is 3.71. The second kappa shape index (κ2) is 6.01. The minimum Gasteiger partial charge on any atom is -0.389 e. The molecule has 0 bridgehead atoms. The van der Waals surface area contributed by atoms with E-state index in [-0.39, 0.29) is 6.10 Å². The van der Waals surface area contributed by atoms with Gasteiger partial charge in [0.15, 0.2) is 6.10 Å². The summed E-state index contributed by atoms with van der Waals surface area (Å²) in [5, 5.41) is 3.81. The van der Waals surface area contributed by atoms with Gasteiger partial charge in [0.2, 0.25) is 0 Å². The highest BCUT2D eigenvalue weighted by Crippen LogP contribution is 2.14. The molecule has 0 spiro atoms. The largest absolute Gasteiger partial charge is 0.389 e. The lowest BCUT2D eigenvalue weighted by Gasteiger charge is -2.08. The molecule has 0 saturated heterocycles. The number of rotatable bonds is 5. The lowest BCUT2D eigenvalue weighted by atomic mass is 10.2. The highest BCUT2D eigenvalue weighted by Gasteiger charge is 2.18. The minimum absolute atomic E-state index is 0.0742. The summed E-state index contributed by atoms with van der Waals surface area (Å²) in [5.74, 6) is 0. The highest BCUT2D eigenvalue weighted by atomic mass is 79.9. The molecule has 1 aliphatic rings. The number of ether oxygens (including phenoxy) is 1. The summed E-state index contributed by atoms with van der Waals surface area (Å²) < 4.78 is 6.42. The first-order valence-electron chi connectivity index (χ1n) is 5.34. The van der Waals surface area contributed by atoms with Gasteiger partial charge in [0.25, 0.3) is 0 Å². The fourth-order valence-corrected chi connectivity index (χ4v) is 1.98. The molecule has 0 aliphatic carbocycles. The Morgan fingerprint density at radius 2 is 2.19 bits per heavy atom. The highest BCUT2D eigenvalue weighted by molar-refractivity contribution is 9.18. The molecule has 1 heterocycles. The first-order valence-corrected chi connectivity index (χ1v) is 6.14. The Balaban J connectivity index is 1.59. The third-order valence-electron chi connectivity index (χ3n) is 2.38. The van der Waals surface area contributed by atoms with Crippen LogP contribution in [0.3, 0.4) is 0 Å². The predicted molar refractivity (Wildman–Crippen MR) is 66.8 cm³/mol. The molecule has 0 radical (unpaired) electrons. The molecule has 0 aromatic heterocycles. The summed E-state index contributed by atoms with van der Waals surface area (Å²) in [7, 11) is 0. The summed E-state index contributed by atoms with van der Waals surface area (Å²) in [4.78, 5) is 5.13. The molecule has 1 atom stereocenters. The van der Waals surface area contributed by atoms with Crippen LogP contribution in [0.2, 0.25) is 0 Å². The van der Waals surface area contributed by atoms with Crippen molar-refractivity contribution in [1.29, 1.82) is 0 Å². The standard InChI is InChI=1S/C12H14BrNO2/c13-12-8-11(16-14-12)9-15-7-6-10-4-2-1-3-5-10/h1-5,11H,6-9H2/t11-/m0/s1. The quantitative estimate of drug-likeness (QED) is 0.778. The first kappa shape index (κ1) is 11.6. The van der Waals surface area contributed by atoms with Crippen LogP contribution in [0.25, 0.3) is 0 Å². The molecule has 0 saturated carbocycles. The fraction of sp³-hybridized carbons (Fsp3) is 0.417. The van der Waals surface area contributed by atoms with Gasteiger partial charge in [-0.25, -0.2) is 0 Å². The minimum atomic E-state index is 0.0742. The Hall–Kier alpha value is -0.870. The average Bonchev–Trinajstić information content (AvgIpc) is 2.72. The number of hydrogen-bond donors (Lipinski definition) is 0. The van der Waals surface area contributed by atoms with Gasteiger partial charge < -0.3 is 9.57 Å². The van der Waals surface area contributed by atoms with Crippen LogP contribution in [0.15, 0.2) is 35.5 Å². The molecule has 0 fully saturated rings. The SMILES string of the molecule is BrC1=NO[C@H](COCCc2ccccc2)C1. The van der Waals surface area contributed by atoms with Gasteiger partial charge in [-0.1, -0.05) is 35.5 Å². The molecule has 2 rings (SSSR count). The van der Waals surface area contributed by atoms with E-state index in [9.17, 15) is 0 Å². The number of benzene rings is 1. The van der Waals surface area contributed by atoms with Gasteiger partial charge in [0.05, 0.1) is 13.2 Å². The van der Waals surface area contributed by atoms with Crippen molar-refractivity contribution < 1.29 is 9.57 Å². The van der Waals surface area contributed by atoms with Crippen LogP contribution in [-0.2, 0) is 16.0 Å². The van der Waals surface area contributed by atoms with E-state index >= 15 is 0 Å². The molecule has 1 aromatic rings. The zero-order valence-corrected chi connectivity index (χ0v) is 10.5. The van der Waals surface area contributed by atoms with Crippen molar-refractivity contribution in [2.75, 3.05) is 13.2 Å². The molecule has 0 unspecified atom stereocenters. The van der Waals surface area contributed by atoms with Crippen LogP contribution in [-0.4, -0.2) is 23.9 Å². The Morgan fingerprint density at radius 1 is 1.38 bits per heavy atom. The summed E-state index contributed by atoms with van der Waals surface area (Å²) in [6.45, 7) is 1.33. The van der Waals surface area contributed by atoms with Crippen LogP contribution in [0.5, 0.6) is 0 Å². The average molecular weight is 284 g/mol. The summed E-state index contributed by atoms with van der Waals surface area (Å²) in [5.41, 5.74) is 1.30. The van der Waals surface area contributed by atoms with E-state index in [1.165, 1.54) is 5.56 Å². The number of halogens is 1. The van der Waals surface area contributed by atoms with E-state index in [4.69, 9.17) is 9.57 Å². The van der Waals surface area contributed by atoms with Gasteiger partial charge >= 0.3 is 0 Å². The normalized spacial score (nSPS) is 19.3. The third-order valence-corrected chi connectivity index (χ3v) is 2.85. The van der Waals surface area contributed by atoms with Crippen LogP contribution in [0.1, 0.15) is 12.0 Å². The Labute approximate surface area is 104 Å². The van der Waals surface area contributed by atoms with Crippen LogP contribution in [0.4, 0.5) is 0 Å². The van der Waals surface area contributed by atoms with Gasteiger partial charge in [0, 0.05) is 6.42 Å². The molecule has 0 amide bonds. The van der Waals surface area contributed by atoms with Crippen LogP contribution >= 0.6 is 15.9 Å². The van der Waals surface area contributed by atoms with Crippen molar-refractivity contribution in [3.8, 4) is 0 Å². The molecule has 3 nitrogen and oxygen atoms in total. The van der Waals surface area contributed by atoms with Crippen molar-refractivity contribution in [2.24, 2.45) is 5.16 Å². The van der Waals surface area contributed by atoms with E-state index in [0.717, 1.165) is 24.1 Å². The number of hydrogen-bond acceptors (Lipinski definition) is 3. The van der Waals surface area contributed by atoms with E-state index in [1.807, 2.05) is 18.2 Å². The molecule has 16 heavy (non-hydrogen) atoms. The van der Waals surface area contributed by atoms with E-state index in [2.05, 4.69) is 33.2 Å². The Morgan fingerprint density at radius 3 is 2.88 bits per heavy atom. The lowest BCUT2D eigenvalue weighted by Crippen LogP contribution is -2.16. The molecular formula is C12H14BrNO2. The molecule has 1 aliphatic heterocycles. The van der Waals surface area contributed by atoms with Crippen LogP contribution < -0.4 is 0 Å². The summed E-state index contributed by atoms with van der Waals surface area (Å²) >= 11 is 3.29. The van der Waals surface area contributed by atoms with Crippen molar-refractivity contribution in [2.45, 2.75) is 18.9 Å². The van der Waals surface area contributed by atoms with Gasteiger partial charge in [-0.15, -0.1) is 0 Å². The maximum atomic E-state index is 5.55. The van der Waals surface area contributed by atoms with Gasteiger partial charge in [-0.3, -0.25) is 0 Å². The summed E-state index contributed by atoms with van der Waals surface area (Å²) in [6.07, 6.45) is 1.83. The van der Waals surface area contributed by atoms with Crippen LogP contribution in [0, 0.1) is 0 Å². The molecule has 0 N–H and O–H groups in total. The van der Waals surface area contributed by atoms with Crippen molar-refractivity contribution in [1.82, 2.24) is 0 Å². The van der Waals surface area contributed by atoms with Gasteiger partial charge in [0.1, 0.15) is 4.62 Å². The van der Waals surface area contributed by atoms with E-state index in [0.29, 0.717) is 6.61 Å². The monoisotopic (exact) mass is 283 g/mol. The van der Waals surface area contributed by atoms with Gasteiger partial charge in [-0.2, -0.15) is 0 Å². The zero-order valence-electron chi connectivity index (χ0n) is 8.93. The second-order valence-corrected chi connectivity index (χ2v) is 4.62. The smallest absolute Gasteiger partial charge is 0.156 e. The van der Waals surface area contributed by atoms with Crippen molar-refractivity contribution in [3.63, 3.8) is 0 Å². The Kier molecular flexibility index (Phi) is 4.36. The fourth-order valence-electron chi connectivity index (χ4n) is 1.53. The summed E-state index contributed by atoms with van der Waals surface area (Å²) in [6, 6.07) is 10.3. The number of oxime groups is 1.